The van der Waals surface area contributed by atoms with Crippen molar-refractivity contribution in [3.8, 4) is 11.5 Å². The van der Waals surface area contributed by atoms with E-state index in [1.807, 2.05) is 6.07 Å². The second-order valence-corrected chi connectivity index (χ2v) is 5.74. The Morgan fingerprint density at radius 1 is 1.11 bits per heavy atom. The molecule has 3 nitrogen and oxygen atoms in total. The van der Waals surface area contributed by atoms with Crippen LogP contribution < -0.4 is 14.8 Å². The highest BCUT2D eigenvalue weighted by atomic mass is 16.6. The minimum atomic E-state index is 0.149. The van der Waals surface area contributed by atoms with Crippen molar-refractivity contribution >= 4 is 0 Å². The molecule has 3 heteroatoms. The molecule has 0 bridgehead atoms. The zero-order chi connectivity index (χ0) is 13.7. The van der Waals surface area contributed by atoms with Gasteiger partial charge in [0.25, 0.3) is 0 Å². The number of nitrogens with one attached hydrogen (secondary N) is 1. The van der Waals surface area contributed by atoms with E-state index < -0.39 is 0 Å². The maximum Gasteiger partial charge on any atom is 0.161 e. The molecule has 1 N–H and O–H groups in total. The first-order valence-corrected chi connectivity index (χ1v) is 7.24. The van der Waals surface area contributed by atoms with Crippen molar-refractivity contribution in [3.05, 3.63) is 23.8 Å². The van der Waals surface area contributed by atoms with E-state index in [0.717, 1.165) is 31.0 Å². The Bertz CT molecular complexity index is 415. The van der Waals surface area contributed by atoms with Gasteiger partial charge in [0, 0.05) is 0 Å². The molecule has 0 spiro atoms. The van der Waals surface area contributed by atoms with Crippen molar-refractivity contribution in [2.24, 2.45) is 0 Å². The third-order valence-corrected chi connectivity index (χ3v) is 3.68. The van der Waals surface area contributed by atoms with Crippen molar-refractivity contribution in [2.45, 2.75) is 39.0 Å². The van der Waals surface area contributed by atoms with Gasteiger partial charge in [0.05, 0.1) is 0 Å². The number of hydrogen-bond donors (Lipinski definition) is 1. The highest BCUT2D eigenvalue weighted by molar-refractivity contribution is 5.45. The van der Waals surface area contributed by atoms with E-state index in [4.69, 9.17) is 9.47 Å². The van der Waals surface area contributed by atoms with Crippen molar-refractivity contribution < 1.29 is 9.47 Å². The summed E-state index contributed by atoms with van der Waals surface area (Å²) in [6, 6.07) is 6.33. The molecule has 1 aliphatic heterocycles. The molecule has 0 aromatic heterocycles. The molecule has 19 heavy (non-hydrogen) atoms. The van der Waals surface area contributed by atoms with Gasteiger partial charge in [-0.05, 0) is 49.0 Å². The van der Waals surface area contributed by atoms with Crippen LogP contribution in [0.2, 0.25) is 0 Å². The molecule has 0 amide bonds. The van der Waals surface area contributed by atoms with Gasteiger partial charge < -0.3 is 14.8 Å². The van der Waals surface area contributed by atoms with Crippen molar-refractivity contribution in [3.63, 3.8) is 0 Å². The lowest BCUT2D eigenvalue weighted by molar-refractivity contribution is 0.171. The summed E-state index contributed by atoms with van der Waals surface area (Å²) in [6.45, 7) is 10.2. The molecule has 1 heterocycles. The SMILES string of the molecule is CCCNCCC(C)(C)c1ccc2c(c1)OCCO2. The zero-order valence-corrected chi connectivity index (χ0v) is 12.3. The van der Waals surface area contributed by atoms with Crippen LogP contribution in [0.15, 0.2) is 18.2 Å². The second kappa shape index (κ2) is 6.29. The van der Waals surface area contributed by atoms with Gasteiger partial charge in [0.15, 0.2) is 11.5 Å². The van der Waals surface area contributed by atoms with Gasteiger partial charge in [-0.1, -0.05) is 26.8 Å². The monoisotopic (exact) mass is 263 g/mol. The Morgan fingerprint density at radius 2 is 1.84 bits per heavy atom. The van der Waals surface area contributed by atoms with Gasteiger partial charge in [-0.25, -0.2) is 0 Å². The fourth-order valence-corrected chi connectivity index (χ4v) is 2.31. The first-order chi connectivity index (χ1) is 9.13. The van der Waals surface area contributed by atoms with E-state index in [1.54, 1.807) is 0 Å². The number of fused-ring (bicyclic) bond motifs is 1. The van der Waals surface area contributed by atoms with Crippen LogP contribution in [0.25, 0.3) is 0 Å². The molecule has 0 atom stereocenters. The average molecular weight is 263 g/mol. The maximum absolute atomic E-state index is 5.66. The second-order valence-electron chi connectivity index (χ2n) is 5.74. The molecule has 0 saturated heterocycles. The fraction of sp³-hybridized carbons (Fsp3) is 0.625. The van der Waals surface area contributed by atoms with Crippen molar-refractivity contribution in [2.75, 3.05) is 26.3 Å². The minimum Gasteiger partial charge on any atom is -0.486 e. The van der Waals surface area contributed by atoms with E-state index in [-0.39, 0.29) is 5.41 Å². The normalized spacial score (nSPS) is 14.5. The van der Waals surface area contributed by atoms with Crippen LogP contribution in [0.5, 0.6) is 11.5 Å². The molecule has 0 saturated carbocycles. The summed E-state index contributed by atoms with van der Waals surface area (Å²) in [5.74, 6) is 1.76. The summed E-state index contributed by atoms with van der Waals surface area (Å²) in [7, 11) is 0. The Labute approximate surface area is 116 Å². The van der Waals surface area contributed by atoms with Crippen LogP contribution in [0.4, 0.5) is 0 Å². The topological polar surface area (TPSA) is 30.5 Å². The van der Waals surface area contributed by atoms with Gasteiger partial charge >= 0.3 is 0 Å². The Kier molecular flexibility index (Phi) is 4.70. The molecule has 0 radical (unpaired) electrons. The highest BCUT2D eigenvalue weighted by Gasteiger charge is 2.22. The molecule has 2 rings (SSSR count). The third-order valence-electron chi connectivity index (χ3n) is 3.68. The Balaban J connectivity index is 2.03. The van der Waals surface area contributed by atoms with Crippen LogP contribution >= 0.6 is 0 Å². The lowest BCUT2D eigenvalue weighted by atomic mass is 9.81. The Hall–Kier alpha value is -1.22. The van der Waals surface area contributed by atoms with Crippen molar-refractivity contribution in [1.82, 2.24) is 5.32 Å². The van der Waals surface area contributed by atoms with Gasteiger partial charge in [-0.15, -0.1) is 0 Å². The predicted octanol–water partition coefficient (Wildman–Crippen LogP) is 3.13. The standard InChI is InChI=1S/C16H25NO2/c1-4-8-17-9-7-16(2,3)13-5-6-14-15(12-13)19-11-10-18-14/h5-6,12,17H,4,7-11H2,1-3H3. The highest BCUT2D eigenvalue weighted by Crippen LogP contribution is 2.36. The molecule has 1 aliphatic rings. The maximum atomic E-state index is 5.66. The molecule has 0 aliphatic carbocycles. The molecule has 1 aromatic carbocycles. The van der Waals surface area contributed by atoms with E-state index in [0.29, 0.717) is 13.2 Å². The van der Waals surface area contributed by atoms with Crippen LogP contribution in [0.3, 0.4) is 0 Å². The molecule has 1 aromatic rings. The van der Waals surface area contributed by atoms with Gasteiger partial charge in [0.2, 0.25) is 0 Å². The predicted molar refractivity (Wildman–Crippen MR) is 78.2 cm³/mol. The molecule has 0 unspecified atom stereocenters. The summed E-state index contributed by atoms with van der Waals surface area (Å²) in [4.78, 5) is 0. The number of ether oxygens (including phenoxy) is 2. The van der Waals surface area contributed by atoms with E-state index in [1.165, 1.54) is 12.0 Å². The first kappa shape index (κ1) is 14.2. The number of benzene rings is 1. The lowest BCUT2D eigenvalue weighted by Gasteiger charge is -2.27. The van der Waals surface area contributed by atoms with Gasteiger partial charge in [0.1, 0.15) is 13.2 Å². The van der Waals surface area contributed by atoms with Crippen molar-refractivity contribution in [1.29, 1.82) is 0 Å². The van der Waals surface area contributed by atoms with E-state index in [9.17, 15) is 0 Å². The van der Waals surface area contributed by atoms with Crippen LogP contribution in [-0.2, 0) is 5.41 Å². The smallest absolute Gasteiger partial charge is 0.161 e. The van der Waals surface area contributed by atoms with Crippen LogP contribution in [-0.4, -0.2) is 26.3 Å². The zero-order valence-electron chi connectivity index (χ0n) is 12.3. The van der Waals surface area contributed by atoms with E-state index >= 15 is 0 Å². The summed E-state index contributed by atoms with van der Waals surface area (Å²) < 4.78 is 11.2. The van der Waals surface area contributed by atoms with Gasteiger partial charge in [-0.3, -0.25) is 0 Å². The summed E-state index contributed by atoms with van der Waals surface area (Å²) in [6.07, 6.45) is 2.30. The molecule has 0 fully saturated rings. The first-order valence-electron chi connectivity index (χ1n) is 7.24. The van der Waals surface area contributed by atoms with Crippen LogP contribution in [0.1, 0.15) is 39.2 Å². The average Bonchev–Trinajstić information content (AvgIpc) is 2.43. The Morgan fingerprint density at radius 3 is 2.58 bits per heavy atom. The molecular formula is C16H25NO2. The number of rotatable bonds is 6. The lowest BCUT2D eigenvalue weighted by Crippen LogP contribution is -2.26. The summed E-state index contributed by atoms with van der Waals surface area (Å²) >= 11 is 0. The largest absolute Gasteiger partial charge is 0.486 e. The summed E-state index contributed by atoms with van der Waals surface area (Å²) in [5, 5.41) is 3.47. The van der Waals surface area contributed by atoms with Crippen LogP contribution in [0, 0.1) is 0 Å². The molecule has 106 valence electrons. The molecular weight excluding hydrogens is 238 g/mol. The fourth-order valence-electron chi connectivity index (χ4n) is 2.31. The van der Waals surface area contributed by atoms with Gasteiger partial charge in [-0.2, -0.15) is 0 Å². The number of hydrogen-bond acceptors (Lipinski definition) is 3. The third kappa shape index (κ3) is 3.63. The minimum absolute atomic E-state index is 0.149. The van der Waals surface area contributed by atoms with E-state index in [2.05, 4.69) is 38.2 Å². The summed E-state index contributed by atoms with van der Waals surface area (Å²) in [5.41, 5.74) is 1.46. The quantitative estimate of drug-likeness (QED) is 0.800.